The summed E-state index contributed by atoms with van der Waals surface area (Å²) >= 11 is 0. The van der Waals surface area contributed by atoms with Gasteiger partial charge in [-0.05, 0) is 62.4 Å². The first-order valence-electron chi connectivity index (χ1n) is 9.62. The van der Waals surface area contributed by atoms with Crippen LogP contribution in [0, 0.1) is 13.8 Å². The Kier molecular flexibility index (Phi) is 5.05. The van der Waals surface area contributed by atoms with Gasteiger partial charge in [0, 0.05) is 31.0 Å². The predicted molar refractivity (Wildman–Crippen MR) is 108 cm³/mol. The van der Waals surface area contributed by atoms with Crippen molar-refractivity contribution in [3.8, 4) is 5.69 Å². The Labute approximate surface area is 160 Å². The van der Waals surface area contributed by atoms with E-state index in [9.17, 15) is 0 Å². The van der Waals surface area contributed by atoms with Crippen LogP contribution in [0.5, 0.6) is 0 Å². The van der Waals surface area contributed by atoms with Crippen LogP contribution in [-0.2, 0) is 6.54 Å². The summed E-state index contributed by atoms with van der Waals surface area (Å²) in [4.78, 5) is 8.57. The fourth-order valence-electron chi connectivity index (χ4n) is 3.61. The Bertz CT molecular complexity index is 890. The molecular formula is C21H26N6. The second-order valence-electron chi connectivity index (χ2n) is 7.27. The SMILES string of the molecule is Cc1cc(C)cc(-n2ncc(CNc3cc(N4CCCCC4)ccn3)n2)c1. The van der Waals surface area contributed by atoms with Gasteiger partial charge in [-0.3, -0.25) is 0 Å². The van der Waals surface area contributed by atoms with E-state index in [0.717, 1.165) is 30.3 Å². The molecule has 140 valence electrons. The van der Waals surface area contributed by atoms with Gasteiger partial charge in [-0.2, -0.15) is 15.0 Å². The molecule has 6 heteroatoms. The molecule has 1 aliphatic heterocycles. The molecule has 0 atom stereocenters. The molecule has 1 N–H and O–H groups in total. The lowest BCUT2D eigenvalue weighted by Gasteiger charge is -2.28. The van der Waals surface area contributed by atoms with Gasteiger partial charge < -0.3 is 10.2 Å². The van der Waals surface area contributed by atoms with Crippen LogP contribution in [0.1, 0.15) is 36.1 Å². The van der Waals surface area contributed by atoms with Crippen LogP contribution in [0.25, 0.3) is 5.69 Å². The lowest BCUT2D eigenvalue weighted by molar-refractivity contribution is 0.578. The smallest absolute Gasteiger partial charge is 0.128 e. The first-order valence-corrected chi connectivity index (χ1v) is 9.62. The lowest BCUT2D eigenvalue weighted by atomic mass is 10.1. The largest absolute Gasteiger partial charge is 0.371 e. The molecule has 0 bridgehead atoms. The molecule has 2 aromatic heterocycles. The molecule has 0 aliphatic carbocycles. The third-order valence-electron chi connectivity index (χ3n) is 4.89. The van der Waals surface area contributed by atoms with Crippen molar-refractivity contribution in [1.29, 1.82) is 0 Å². The van der Waals surface area contributed by atoms with Crippen molar-refractivity contribution in [2.24, 2.45) is 0 Å². The highest BCUT2D eigenvalue weighted by Crippen LogP contribution is 2.21. The molecule has 4 rings (SSSR count). The highest BCUT2D eigenvalue weighted by molar-refractivity contribution is 5.54. The number of hydrogen-bond acceptors (Lipinski definition) is 5. The molecule has 3 heterocycles. The number of aryl methyl sites for hydroxylation is 2. The van der Waals surface area contributed by atoms with E-state index in [1.807, 2.05) is 6.20 Å². The maximum atomic E-state index is 4.59. The molecule has 3 aromatic rings. The Morgan fingerprint density at radius 1 is 0.963 bits per heavy atom. The molecule has 0 spiro atoms. The standard InChI is InChI=1S/C21H26N6/c1-16-10-17(2)12-20(11-16)27-24-15-18(25-27)14-23-21-13-19(6-7-22-21)26-8-4-3-5-9-26/h6-7,10-13,15H,3-5,8-9,14H2,1-2H3,(H,22,23). The number of anilines is 2. The van der Waals surface area contributed by atoms with Gasteiger partial charge in [0.1, 0.15) is 11.5 Å². The number of hydrogen-bond donors (Lipinski definition) is 1. The normalized spacial score (nSPS) is 14.4. The summed E-state index contributed by atoms with van der Waals surface area (Å²) in [6.07, 6.45) is 7.56. The molecule has 0 saturated carbocycles. The van der Waals surface area contributed by atoms with Crippen molar-refractivity contribution >= 4 is 11.5 Å². The predicted octanol–water partition coefficient (Wildman–Crippen LogP) is 3.88. The van der Waals surface area contributed by atoms with Gasteiger partial charge in [-0.25, -0.2) is 4.98 Å². The third-order valence-corrected chi connectivity index (χ3v) is 4.89. The Hall–Kier alpha value is -2.89. The Morgan fingerprint density at radius 3 is 2.52 bits per heavy atom. The minimum Gasteiger partial charge on any atom is -0.371 e. The summed E-state index contributed by atoms with van der Waals surface area (Å²) in [5.74, 6) is 0.874. The van der Waals surface area contributed by atoms with Gasteiger partial charge >= 0.3 is 0 Å². The molecule has 0 unspecified atom stereocenters. The second kappa shape index (κ2) is 7.78. The summed E-state index contributed by atoms with van der Waals surface area (Å²) in [6, 6.07) is 10.5. The fraction of sp³-hybridized carbons (Fsp3) is 0.381. The van der Waals surface area contributed by atoms with E-state index in [-0.39, 0.29) is 0 Å². The number of piperidine rings is 1. The van der Waals surface area contributed by atoms with Crippen LogP contribution >= 0.6 is 0 Å². The maximum absolute atomic E-state index is 4.59. The van der Waals surface area contributed by atoms with Crippen molar-refractivity contribution in [2.45, 2.75) is 39.7 Å². The average molecular weight is 362 g/mol. The molecule has 0 amide bonds. The third kappa shape index (κ3) is 4.27. The van der Waals surface area contributed by atoms with E-state index in [2.05, 4.69) is 69.6 Å². The highest BCUT2D eigenvalue weighted by atomic mass is 15.5. The van der Waals surface area contributed by atoms with E-state index in [1.165, 1.54) is 36.1 Å². The van der Waals surface area contributed by atoms with E-state index >= 15 is 0 Å². The van der Waals surface area contributed by atoms with Crippen LogP contribution in [0.4, 0.5) is 11.5 Å². The van der Waals surface area contributed by atoms with Gasteiger partial charge in [-0.15, -0.1) is 0 Å². The van der Waals surface area contributed by atoms with Crippen LogP contribution in [0.2, 0.25) is 0 Å². The van der Waals surface area contributed by atoms with Gasteiger partial charge in [0.15, 0.2) is 0 Å². The molecular weight excluding hydrogens is 336 g/mol. The van der Waals surface area contributed by atoms with Gasteiger partial charge in [0.25, 0.3) is 0 Å². The van der Waals surface area contributed by atoms with Crippen LogP contribution in [0.3, 0.4) is 0 Å². The number of aromatic nitrogens is 4. The molecule has 1 saturated heterocycles. The molecule has 0 radical (unpaired) electrons. The number of rotatable bonds is 5. The molecule has 1 aromatic carbocycles. The number of benzene rings is 1. The average Bonchev–Trinajstić information content (AvgIpc) is 3.16. The highest BCUT2D eigenvalue weighted by Gasteiger charge is 2.11. The first kappa shape index (κ1) is 17.5. The van der Waals surface area contributed by atoms with Crippen molar-refractivity contribution < 1.29 is 0 Å². The van der Waals surface area contributed by atoms with Crippen LogP contribution in [-0.4, -0.2) is 33.1 Å². The van der Waals surface area contributed by atoms with E-state index < -0.39 is 0 Å². The minimum absolute atomic E-state index is 0.598. The first-order chi connectivity index (χ1) is 13.2. The van der Waals surface area contributed by atoms with Crippen molar-refractivity contribution in [2.75, 3.05) is 23.3 Å². The zero-order valence-corrected chi connectivity index (χ0v) is 16.0. The molecule has 1 fully saturated rings. The second-order valence-corrected chi connectivity index (χ2v) is 7.27. The fourth-order valence-corrected chi connectivity index (χ4v) is 3.61. The topological polar surface area (TPSA) is 58.9 Å². The van der Waals surface area contributed by atoms with Crippen molar-refractivity contribution in [3.05, 3.63) is 59.5 Å². The number of nitrogens with zero attached hydrogens (tertiary/aromatic N) is 5. The number of nitrogens with one attached hydrogen (secondary N) is 1. The summed E-state index contributed by atoms with van der Waals surface area (Å²) in [5.41, 5.74) is 5.54. The van der Waals surface area contributed by atoms with Crippen molar-refractivity contribution in [1.82, 2.24) is 20.0 Å². The van der Waals surface area contributed by atoms with E-state index in [1.54, 1.807) is 11.0 Å². The van der Waals surface area contributed by atoms with Crippen LogP contribution in [0.15, 0.2) is 42.7 Å². The number of pyridine rings is 1. The molecule has 1 aliphatic rings. The van der Waals surface area contributed by atoms with Crippen molar-refractivity contribution in [3.63, 3.8) is 0 Å². The Balaban J connectivity index is 1.43. The summed E-state index contributed by atoms with van der Waals surface area (Å²) < 4.78 is 0. The van der Waals surface area contributed by atoms with Gasteiger partial charge in [0.05, 0.1) is 18.4 Å². The molecule has 6 nitrogen and oxygen atoms in total. The summed E-state index contributed by atoms with van der Waals surface area (Å²) in [6.45, 7) is 7.04. The molecule has 27 heavy (non-hydrogen) atoms. The monoisotopic (exact) mass is 362 g/mol. The Morgan fingerprint density at radius 2 is 1.74 bits per heavy atom. The lowest BCUT2D eigenvalue weighted by Crippen LogP contribution is -2.29. The van der Waals surface area contributed by atoms with E-state index in [4.69, 9.17) is 0 Å². The quantitative estimate of drug-likeness (QED) is 0.746. The minimum atomic E-state index is 0.598. The summed E-state index contributed by atoms with van der Waals surface area (Å²) in [5, 5.41) is 12.4. The van der Waals surface area contributed by atoms with Gasteiger partial charge in [0.2, 0.25) is 0 Å². The van der Waals surface area contributed by atoms with E-state index in [0.29, 0.717) is 6.54 Å². The van der Waals surface area contributed by atoms with Gasteiger partial charge in [-0.1, -0.05) is 6.07 Å². The zero-order valence-electron chi connectivity index (χ0n) is 16.0. The zero-order chi connectivity index (χ0) is 18.6. The maximum Gasteiger partial charge on any atom is 0.128 e. The summed E-state index contributed by atoms with van der Waals surface area (Å²) in [7, 11) is 0. The van der Waals surface area contributed by atoms with Crippen LogP contribution < -0.4 is 10.2 Å².